The van der Waals surface area contributed by atoms with Crippen LogP contribution >= 0.6 is 0 Å². The summed E-state index contributed by atoms with van der Waals surface area (Å²) < 4.78 is 50.3. The molecule has 2 rings (SSSR count). The Hall–Kier alpha value is -2.70. The number of carbonyl (C=O) groups excluding carboxylic acids is 1. The van der Waals surface area contributed by atoms with Gasteiger partial charge in [0.2, 0.25) is 0 Å². The molecule has 2 aromatic rings. The molecule has 0 aromatic heterocycles. The molecule has 25 heavy (non-hydrogen) atoms. The van der Waals surface area contributed by atoms with Crippen molar-refractivity contribution in [2.75, 3.05) is 19.0 Å². The van der Waals surface area contributed by atoms with Gasteiger partial charge in [-0.15, -0.1) is 0 Å². The number of unbranched alkanes of at least 4 members (excludes halogenated alkanes) is 1. The number of nitrogens with one attached hydrogen (secondary N) is 1. The minimum absolute atomic E-state index is 0.283. The maximum absolute atomic E-state index is 13.3. The molecule has 0 aliphatic carbocycles. The zero-order valence-corrected chi connectivity index (χ0v) is 13.9. The molecule has 0 spiro atoms. The molecule has 134 valence electrons. The number of hydrogen-bond donors (Lipinski definition) is 1. The standard InChI is InChI=1S/C18H18F3NO3/c1-3-4-7-25-16-6-5-12(24-2)10-15(16)22-18(23)11-8-13(19)17(21)14(20)9-11/h5-6,8-10H,3-4,7H2,1-2H3,(H,22,23). The number of hydrogen-bond acceptors (Lipinski definition) is 3. The Bertz CT molecular complexity index is 742. The number of halogens is 3. The summed E-state index contributed by atoms with van der Waals surface area (Å²) in [6.45, 7) is 2.46. The van der Waals surface area contributed by atoms with Crippen molar-refractivity contribution < 1.29 is 27.4 Å². The molecule has 0 saturated carbocycles. The third-order valence-electron chi connectivity index (χ3n) is 3.44. The van der Waals surface area contributed by atoms with Crippen LogP contribution in [0.2, 0.25) is 0 Å². The topological polar surface area (TPSA) is 47.6 Å². The van der Waals surface area contributed by atoms with E-state index in [1.165, 1.54) is 13.2 Å². The van der Waals surface area contributed by atoms with E-state index in [0.29, 0.717) is 30.2 Å². The van der Waals surface area contributed by atoms with E-state index in [-0.39, 0.29) is 11.3 Å². The molecule has 0 aliphatic rings. The average Bonchev–Trinajstić information content (AvgIpc) is 2.60. The summed E-state index contributed by atoms with van der Waals surface area (Å²) in [7, 11) is 1.46. The molecule has 0 aliphatic heterocycles. The highest BCUT2D eigenvalue weighted by atomic mass is 19.2. The quantitative estimate of drug-likeness (QED) is 0.587. The molecule has 7 heteroatoms. The lowest BCUT2D eigenvalue weighted by Crippen LogP contribution is -2.14. The lowest BCUT2D eigenvalue weighted by atomic mass is 10.2. The van der Waals surface area contributed by atoms with Crippen LogP contribution in [0.5, 0.6) is 11.5 Å². The number of rotatable bonds is 7. The van der Waals surface area contributed by atoms with E-state index in [1.807, 2.05) is 6.92 Å². The van der Waals surface area contributed by atoms with E-state index < -0.39 is 23.4 Å². The number of benzene rings is 2. The van der Waals surface area contributed by atoms with Gasteiger partial charge in [0, 0.05) is 11.6 Å². The first kappa shape index (κ1) is 18.6. The predicted molar refractivity (Wildman–Crippen MR) is 87.7 cm³/mol. The molecule has 1 amide bonds. The summed E-state index contributed by atoms with van der Waals surface area (Å²) in [6, 6.07) is 6.07. The second-order valence-corrected chi connectivity index (χ2v) is 5.27. The van der Waals surface area contributed by atoms with Crippen molar-refractivity contribution in [2.24, 2.45) is 0 Å². The molecule has 1 N–H and O–H groups in total. The van der Waals surface area contributed by atoms with Gasteiger partial charge in [-0.05, 0) is 30.7 Å². The highest BCUT2D eigenvalue weighted by Gasteiger charge is 2.17. The van der Waals surface area contributed by atoms with Crippen LogP contribution in [0.1, 0.15) is 30.1 Å². The van der Waals surface area contributed by atoms with Crippen LogP contribution in [0.15, 0.2) is 30.3 Å². The van der Waals surface area contributed by atoms with Gasteiger partial charge in [-0.25, -0.2) is 13.2 Å². The van der Waals surface area contributed by atoms with Crippen LogP contribution in [0.3, 0.4) is 0 Å². The summed E-state index contributed by atoms with van der Waals surface area (Å²) in [5.41, 5.74) is -0.0654. The fourth-order valence-electron chi connectivity index (χ4n) is 2.07. The van der Waals surface area contributed by atoms with Gasteiger partial charge >= 0.3 is 0 Å². The number of amides is 1. The Morgan fingerprint density at radius 3 is 2.40 bits per heavy atom. The summed E-state index contributed by atoms with van der Waals surface area (Å²) in [6.07, 6.45) is 1.76. The number of anilines is 1. The highest BCUT2D eigenvalue weighted by Crippen LogP contribution is 2.30. The van der Waals surface area contributed by atoms with E-state index in [1.54, 1.807) is 12.1 Å². The van der Waals surface area contributed by atoms with Crippen molar-refractivity contribution in [3.05, 3.63) is 53.3 Å². The fraction of sp³-hybridized carbons (Fsp3) is 0.278. The van der Waals surface area contributed by atoms with E-state index in [0.717, 1.165) is 12.8 Å². The van der Waals surface area contributed by atoms with Gasteiger partial charge in [0.25, 0.3) is 5.91 Å². The largest absolute Gasteiger partial charge is 0.497 e. The zero-order valence-electron chi connectivity index (χ0n) is 13.9. The van der Waals surface area contributed by atoms with Crippen molar-refractivity contribution in [3.63, 3.8) is 0 Å². The van der Waals surface area contributed by atoms with Gasteiger partial charge in [0.1, 0.15) is 11.5 Å². The molecule has 0 unspecified atom stereocenters. The Morgan fingerprint density at radius 2 is 1.80 bits per heavy atom. The van der Waals surface area contributed by atoms with Gasteiger partial charge in [-0.3, -0.25) is 4.79 Å². The van der Waals surface area contributed by atoms with Gasteiger partial charge < -0.3 is 14.8 Å². The van der Waals surface area contributed by atoms with E-state index in [2.05, 4.69) is 5.32 Å². The van der Waals surface area contributed by atoms with Crippen LogP contribution in [-0.4, -0.2) is 19.6 Å². The predicted octanol–water partition coefficient (Wildman–Crippen LogP) is 4.54. The van der Waals surface area contributed by atoms with Gasteiger partial charge in [0.15, 0.2) is 17.5 Å². The molecular weight excluding hydrogens is 335 g/mol. The summed E-state index contributed by atoms with van der Waals surface area (Å²) in [4.78, 5) is 12.2. The molecule has 0 atom stereocenters. The summed E-state index contributed by atoms with van der Waals surface area (Å²) in [5.74, 6) is -4.43. The summed E-state index contributed by atoms with van der Waals surface area (Å²) in [5, 5.41) is 2.50. The molecule has 0 saturated heterocycles. The monoisotopic (exact) mass is 353 g/mol. The van der Waals surface area contributed by atoms with Gasteiger partial charge in [0.05, 0.1) is 19.4 Å². The maximum Gasteiger partial charge on any atom is 0.255 e. The molecule has 0 heterocycles. The Labute approximate surface area is 143 Å². The molecule has 0 radical (unpaired) electrons. The Kier molecular flexibility index (Phi) is 6.27. The first-order valence-electron chi connectivity index (χ1n) is 7.73. The first-order valence-corrected chi connectivity index (χ1v) is 7.73. The molecule has 0 bridgehead atoms. The fourth-order valence-corrected chi connectivity index (χ4v) is 2.07. The minimum Gasteiger partial charge on any atom is -0.497 e. The maximum atomic E-state index is 13.3. The van der Waals surface area contributed by atoms with Crippen molar-refractivity contribution in [1.82, 2.24) is 0 Å². The van der Waals surface area contributed by atoms with Crippen molar-refractivity contribution >= 4 is 11.6 Å². The minimum atomic E-state index is -1.62. The van der Waals surface area contributed by atoms with Crippen LogP contribution in [0.4, 0.5) is 18.9 Å². The second-order valence-electron chi connectivity index (χ2n) is 5.27. The van der Waals surface area contributed by atoms with Crippen LogP contribution < -0.4 is 14.8 Å². The zero-order chi connectivity index (χ0) is 18.4. The Morgan fingerprint density at radius 1 is 1.12 bits per heavy atom. The number of ether oxygens (including phenoxy) is 2. The normalized spacial score (nSPS) is 10.4. The summed E-state index contributed by atoms with van der Waals surface area (Å²) >= 11 is 0. The first-order chi connectivity index (χ1) is 12.0. The third-order valence-corrected chi connectivity index (χ3v) is 3.44. The van der Waals surface area contributed by atoms with Gasteiger partial charge in [-0.2, -0.15) is 0 Å². The molecular formula is C18H18F3NO3. The number of carbonyl (C=O) groups is 1. The van der Waals surface area contributed by atoms with E-state index in [4.69, 9.17) is 9.47 Å². The lowest BCUT2D eigenvalue weighted by molar-refractivity contribution is 0.102. The lowest BCUT2D eigenvalue weighted by Gasteiger charge is -2.14. The molecule has 0 fully saturated rings. The van der Waals surface area contributed by atoms with Crippen LogP contribution in [0.25, 0.3) is 0 Å². The van der Waals surface area contributed by atoms with E-state index in [9.17, 15) is 18.0 Å². The Balaban J connectivity index is 2.26. The smallest absolute Gasteiger partial charge is 0.255 e. The van der Waals surface area contributed by atoms with Gasteiger partial charge in [-0.1, -0.05) is 13.3 Å². The highest BCUT2D eigenvalue weighted by molar-refractivity contribution is 6.05. The average molecular weight is 353 g/mol. The van der Waals surface area contributed by atoms with Crippen LogP contribution in [-0.2, 0) is 0 Å². The van der Waals surface area contributed by atoms with Crippen molar-refractivity contribution in [2.45, 2.75) is 19.8 Å². The van der Waals surface area contributed by atoms with E-state index >= 15 is 0 Å². The molecule has 4 nitrogen and oxygen atoms in total. The number of methoxy groups -OCH3 is 1. The van der Waals surface area contributed by atoms with Crippen molar-refractivity contribution in [3.8, 4) is 11.5 Å². The third kappa shape index (κ3) is 4.65. The second kappa shape index (κ2) is 8.41. The molecule has 2 aromatic carbocycles. The van der Waals surface area contributed by atoms with Crippen LogP contribution in [0, 0.1) is 17.5 Å². The SMILES string of the molecule is CCCCOc1ccc(OC)cc1NC(=O)c1cc(F)c(F)c(F)c1. The van der Waals surface area contributed by atoms with Crippen molar-refractivity contribution in [1.29, 1.82) is 0 Å².